The largest absolute Gasteiger partial charge is 0.481 e. The second-order valence-electron chi connectivity index (χ2n) is 6.03. The molecule has 0 saturated heterocycles. The smallest absolute Gasteiger partial charge is 0.313 e. The Morgan fingerprint density at radius 3 is 2.28 bits per heavy atom. The molecule has 2 aliphatic rings. The molecule has 0 aromatic heterocycles. The summed E-state index contributed by atoms with van der Waals surface area (Å²) in [5.74, 6) is -1.15. The van der Waals surface area contributed by atoms with E-state index >= 15 is 0 Å². The summed E-state index contributed by atoms with van der Waals surface area (Å²) in [7, 11) is 0. The number of aliphatic carboxylic acids is 1. The van der Waals surface area contributed by atoms with E-state index in [-0.39, 0.29) is 11.4 Å². The van der Waals surface area contributed by atoms with Gasteiger partial charge in [0.2, 0.25) is 0 Å². The van der Waals surface area contributed by atoms with Gasteiger partial charge in [-0.2, -0.15) is 0 Å². The van der Waals surface area contributed by atoms with E-state index in [4.69, 9.17) is 4.74 Å². The Hall–Kier alpha value is -1.06. The summed E-state index contributed by atoms with van der Waals surface area (Å²) in [6.07, 6.45) is 5.72. The minimum atomic E-state index is -0.866. The highest BCUT2D eigenvalue weighted by atomic mass is 16.5. The van der Waals surface area contributed by atoms with Crippen molar-refractivity contribution in [2.24, 2.45) is 10.8 Å². The van der Waals surface area contributed by atoms with Crippen molar-refractivity contribution in [2.75, 3.05) is 0 Å². The number of carbonyl (C=O) groups is 2. The first kappa shape index (κ1) is 13.4. The normalized spacial score (nSPS) is 34.4. The summed E-state index contributed by atoms with van der Waals surface area (Å²) in [5, 5.41) is 9.78. The van der Waals surface area contributed by atoms with Gasteiger partial charge in [0.05, 0.1) is 0 Å². The van der Waals surface area contributed by atoms with Crippen LogP contribution in [0.15, 0.2) is 0 Å². The van der Waals surface area contributed by atoms with Gasteiger partial charge < -0.3 is 9.84 Å². The molecule has 2 fully saturated rings. The fourth-order valence-corrected chi connectivity index (χ4v) is 4.13. The number of carbonyl (C=O) groups excluding carboxylic acids is 1. The lowest BCUT2D eigenvalue weighted by atomic mass is 9.61. The lowest BCUT2D eigenvalue weighted by Crippen LogP contribution is -2.51. The maximum absolute atomic E-state index is 11.9. The summed E-state index contributed by atoms with van der Waals surface area (Å²) in [6, 6.07) is 0. The molecule has 0 aromatic rings. The van der Waals surface area contributed by atoms with E-state index in [1.807, 2.05) is 0 Å². The number of hydrogen-bond donors (Lipinski definition) is 1. The van der Waals surface area contributed by atoms with Gasteiger partial charge in [-0.15, -0.1) is 0 Å². The van der Waals surface area contributed by atoms with Crippen molar-refractivity contribution in [1.82, 2.24) is 0 Å². The molecule has 0 bridgehead atoms. The Morgan fingerprint density at radius 2 is 1.78 bits per heavy atom. The van der Waals surface area contributed by atoms with Crippen LogP contribution in [-0.2, 0) is 14.3 Å². The van der Waals surface area contributed by atoms with Gasteiger partial charge in [0, 0.05) is 6.92 Å². The molecule has 2 rings (SSSR count). The average Bonchev–Trinajstić information content (AvgIpc) is 2.85. The molecule has 2 aliphatic carbocycles. The number of ether oxygens (including phenoxy) is 1. The molecular weight excluding hydrogens is 232 g/mol. The zero-order valence-electron chi connectivity index (χ0n) is 11.2. The molecule has 2 atom stereocenters. The minimum absolute atomic E-state index is 0.227. The number of rotatable bonds is 3. The van der Waals surface area contributed by atoms with Gasteiger partial charge in [-0.1, -0.05) is 19.8 Å². The van der Waals surface area contributed by atoms with Crippen molar-refractivity contribution in [3.05, 3.63) is 0 Å². The molecule has 0 heterocycles. The fraction of sp³-hybridized carbons (Fsp3) is 0.857. The van der Waals surface area contributed by atoms with Crippen LogP contribution in [0.1, 0.15) is 58.8 Å². The van der Waals surface area contributed by atoms with E-state index in [2.05, 4.69) is 6.92 Å². The van der Waals surface area contributed by atoms with Crippen LogP contribution < -0.4 is 0 Å². The topological polar surface area (TPSA) is 63.6 Å². The number of hydrogen-bond acceptors (Lipinski definition) is 3. The van der Waals surface area contributed by atoms with Gasteiger partial charge in [-0.25, -0.2) is 0 Å². The standard InChI is InChI=1S/C14H22O4/c1-10(15)18-11-6-5-9-14(11,12(16)17)13(2)7-3-4-8-13/h11H,3-9H2,1-2H3,(H,16,17). The van der Waals surface area contributed by atoms with Crippen molar-refractivity contribution in [3.8, 4) is 0 Å². The quantitative estimate of drug-likeness (QED) is 0.786. The van der Waals surface area contributed by atoms with Crippen LogP contribution in [0.5, 0.6) is 0 Å². The van der Waals surface area contributed by atoms with E-state index in [1.54, 1.807) is 0 Å². The van der Waals surface area contributed by atoms with Crippen molar-refractivity contribution in [2.45, 2.75) is 64.9 Å². The molecule has 2 unspecified atom stereocenters. The van der Waals surface area contributed by atoms with E-state index in [1.165, 1.54) is 6.92 Å². The average molecular weight is 254 g/mol. The van der Waals surface area contributed by atoms with Gasteiger partial charge in [0.15, 0.2) is 0 Å². The third-order valence-corrected chi connectivity index (χ3v) is 5.06. The highest BCUT2D eigenvalue weighted by molar-refractivity contribution is 5.78. The predicted molar refractivity (Wildman–Crippen MR) is 66.0 cm³/mol. The van der Waals surface area contributed by atoms with Crippen molar-refractivity contribution in [3.63, 3.8) is 0 Å². The van der Waals surface area contributed by atoms with Gasteiger partial charge in [0.25, 0.3) is 0 Å². The summed E-state index contributed by atoms with van der Waals surface area (Å²) in [6.45, 7) is 3.43. The van der Waals surface area contributed by atoms with E-state index in [0.29, 0.717) is 12.8 Å². The highest BCUT2D eigenvalue weighted by Crippen LogP contribution is 2.59. The van der Waals surface area contributed by atoms with Gasteiger partial charge in [-0.3, -0.25) is 9.59 Å². The van der Waals surface area contributed by atoms with Gasteiger partial charge in [0.1, 0.15) is 11.5 Å². The Bertz CT molecular complexity index is 357. The summed E-state index contributed by atoms with van der Waals surface area (Å²) < 4.78 is 5.35. The summed E-state index contributed by atoms with van der Waals surface area (Å²) in [5.41, 5.74) is -1.09. The van der Waals surface area contributed by atoms with Gasteiger partial charge in [-0.05, 0) is 37.5 Å². The van der Waals surface area contributed by atoms with Crippen LogP contribution in [0.25, 0.3) is 0 Å². The molecule has 0 amide bonds. The molecule has 1 N–H and O–H groups in total. The first-order chi connectivity index (χ1) is 8.42. The minimum Gasteiger partial charge on any atom is -0.481 e. The molecular formula is C14H22O4. The Balaban J connectivity index is 2.36. The Kier molecular flexibility index (Phi) is 3.39. The SMILES string of the molecule is CC(=O)OC1CCCC1(C(=O)O)C1(C)CCCC1. The predicted octanol–water partition coefficient (Wildman–Crippen LogP) is 2.75. The lowest BCUT2D eigenvalue weighted by Gasteiger charge is -2.44. The molecule has 0 radical (unpaired) electrons. The maximum Gasteiger partial charge on any atom is 0.313 e. The van der Waals surface area contributed by atoms with Crippen LogP contribution >= 0.6 is 0 Å². The van der Waals surface area contributed by atoms with Crippen LogP contribution in [0.2, 0.25) is 0 Å². The summed E-state index contributed by atoms with van der Waals surface area (Å²) in [4.78, 5) is 23.1. The first-order valence-electron chi connectivity index (χ1n) is 6.83. The monoisotopic (exact) mass is 254 g/mol. The van der Waals surface area contributed by atoms with E-state index < -0.39 is 17.5 Å². The van der Waals surface area contributed by atoms with Crippen LogP contribution in [-0.4, -0.2) is 23.1 Å². The van der Waals surface area contributed by atoms with Crippen LogP contribution in [0.3, 0.4) is 0 Å². The zero-order chi connectivity index (χ0) is 13.4. The molecule has 0 aromatic carbocycles. The molecule has 0 aliphatic heterocycles. The third-order valence-electron chi connectivity index (χ3n) is 5.06. The fourth-order valence-electron chi connectivity index (χ4n) is 4.13. The second kappa shape index (κ2) is 4.56. The van der Waals surface area contributed by atoms with E-state index in [0.717, 1.165) is 32.1 Å². The Labute approximate surface area is 108 Å². The molecule has 2 saturated carbocycles. The lowest BCUT2D eigenvalue weighted by molar-refractivity contribution is -0.177. The molecule has 4 heteroatoms. The van der Waals surface area contributed by atoms with Crippen LogP contribution in [0.4, 0.5) is 0 Å². The van der Waals surface area contributed by atoms with Crippen LogP contribution in [0, 0.1) is 10.8 Å². The summed E-state index contributed by atoms with van der Waals surface area (Å²) >= 11 is 0. The number of esters is 1. The highest BCUT2D eigenvalue weighted by Gasteiger charge is 2.62. The third kappa shape index (κ3) is 1.82. The first-order valence-corrected chi connectivity index (χ1v) is 6.83. The molecule has 102 valence electrons. The second-order valence-corrected chi connectivity index (χ2v) is 6.03. The number of carboxylic acids is 1. The zero-order valence-corrected chi connectivity index (χ0v) is 11.2. The van der Waals surface area contributed by atoms with E-state index in [9.17, 15) is 14.7 Å². The maximum atomic E-state index is 11.9. The molecule has 18 heavy (non-hydrogen) atoms. The molecule has 4 nitrogen and oxygen atoms in total. The number of carboxylic acid groups (broad SMARTS) is 1. The Morgan fingerprint density at radius 1 is 1.17 bits per heavy atom. The van der Waals surface area contributed by atoms with Crippen molar-refractivity contribution >= 4 is 11.9 Å². The van der Waals surface area contributed by atoms with Gasteiger partial charge >= 0.3 is 11.9 Å². The van der Waals surface area contributed by atoms with Crippen molar-refractivity contribution < 1.29 is 19.4 Å². The van der Waals surface area contributed by atoms with Crippen molar-refractivity contribution in [1.29, 1.82) is 0 Å². The molecule has 0 spiro atoms.